The average molecular weight is 495 g/mol. The zero-order chi connectivity index (χ0) is 25.3. The third-order valence-electron chi connectivity index (χ3n) is 6.53. The van der Waals surface area contributed by atoms with Gasteiger partial charge in [0.2, 0.25) is 0 Å². The molecule has 0 aliphatic heterocycles. The van der Waals surface area contributed by atoms with E-state index in [0.717, 1.165) is 40.3 Å². The second-order valence-electron chi connectivity index (χ2n) is 8.73. The molecule has 1 amide bonds. The smallest absolute Gasteiger partial charge is 0.407 e. The van der Waals surface area contributed by atoms with Crippen LogP contribution in [0.15, 0.2) is 36.4 Å². The fraction of sp³-hybridized carbons (Fsp3) is 0.464. The number of amides is 1. The van der Waals surface area contributed by atoms with Crippen LogP contribution in [0, 0.1) is 17.8 Å². The van der Waals surface area contributed by atoms with Crippen LogP contribution in [0.2, 0.25) is 0 Å². The molecule has 8 nitrogen and oxygen atoms in total. The minimum Gasteiger partial charge on any atom is -0.497 e. The molecule has 2 aliphatic rings. The summed E-state index contributed by atoms with van der Waals surface area (Å²) in [5.74, 6) is 8.69. The topological polar surface area (TPSA) is 87.3 Å². The second kappa shape index (κ2) is 12.6. The van der Waals surface area contributed by atoms with Crippen molar-refractivity contribution in [3.05, 3.63) is 58.7 Å². The molecule has 0 heterocycles. The predicted octanol–water partition coefficient (Wildman–Crippen LogP) is 2.89. The molecule has 8 heteroatoms. The zero-order valence-electron chi connectivity index (χ0n) is 21.1. The number of methoxy groups -OCH3 is 2. The van der Waals surface area contributed by atoms with Crippen molar-refractivity contribution in [3.63, 3.8) is 0 Å². The molecular weight excluding hydrogens is 460 g/mol. The summed E-state index contributed by atoms with van der Waals surface area (Å²) in [4.78, 5) is 12.3. The average Bonchev–Trinajstić information content (AvgIpc) is 3.61. The van der Waals surface area contributed by atoms with E-state index in [1.165, 1.54) is 0 Å². The maximum absolute atomic E-state index is 12.3. The third kappa shape index (κ3) is 6.30. The molecule has 1 unspecified atom stereocenters. The summed E-state index contributed by atoms with van der Waals surface area (Å²) in [7, 11) is 5.20. The van der Waals surface area contributed by atoms with E-state index in [1.807, 2.05) is 43.4 Å². The first-order valence-electron chi connectivity index (χ1n) is 12.2. The van der Waals surface area contributed by atoms with Gasteiger partial charge in [0.05, 0.1) is 47.3 Å². The van der Waals surface area contributed by atoms with Crippen molar-refractivity contribution in [1.82, 2.24) is 10.6 Å². The molecule has 1 saturated carbocycles. The lowest BCUT2D eigenvalue weighted by Crippen LogP contribution is -2.29. The van der Waals surface area contributed by atoms with Gasteiger partial charge in [-0.05, 0) is 66.4 Å². The number of hydrogen-bond acceptors (Lipinski definition) is 7. The molecule has 36 heavy (non-hydrogen) atoms. The van der Waals surface area contributed by atoms with E-state index in [1.54, 1.807) is 14.2 Å². The number of rotatable bonds is 13. The first-order valence-corrected chi connectivity index (χ1v) is 12.2. The van der Waals surface area contributed by atoms with Crippen LogP contribution in [-0.4, -0.2) is 73.5 Å². The van der Waals surface area contributed by atoms with Gasteiger partial charge in [-0.2, -0.15) is 0 Å². The van der Waals surface area contributed by atoms with Crippen molar-refractivity contribution in [2.45, 2.75) is 11.8 Å². The lowest BCUT2D eigenvalue weighted by Gasteiger charge is -2.12. The Morgan fingerprint density at radius 2 is 1.39 bits per heavy atom. The summed E-state index contributed by atoms with van der Waals surface area (Å²) in [5, 5.41) is 5.77. The molecule has 2 aromatic rings. The monoisotopic (exact) mass is 494 g/mol. The van der Waals surface area contributed by atoms with Crippen molar-refractivity contribution in [2.24, 2.45) is 5.92 Å². The van der Waals surface area contributed by atoms with Crippen molar-refractivity contribution in [1.29, 1.82) is 0 Å². The van der Waals surface area contributed by atoms with Crippen molar-refractivity contribution in [2.75, 3.05) is 67.4 Å². The van der Waals surface area contributed by atoms with Gasteiger partial charge in [-0.1, -0.05) is 11.8 Å². The Labute approximate surface area is 212 Å². The summed E-state index contributed by atoms with van der Waals surface area (Å²) in [6, 6.07) is 12.0. The van der Waals surface area contributed by atoms with Crippen molar-refractivity contribution in [3.8, 4) is 23.3 Å². The van der Waals surface area contributed by atoms with E-state index in [-0.39, 0.29) is 17.8 Å². The number of nitrogens with one attached hydrogen (secondary N) is 2. The fourth-order valence-electron chi connectivity index (χ4n) is 4.62. The Morgan fingerprint density at radius 3 is 1.92 bits per heavy atom. The third-order valence-corrected chi connectivity index (χ3v) is 6.53. The van der Waals surface area contributed by atoms with Gasteiger partial charge in [-0.25, -0.2) is 4.79 Å². The Kier molecular flexibility index (Phi) is 9.06. The molecule has 192 valence electrons. The predicted molar refractivity (Wildman–Crippen MR) is 136 cm³/mol. The van der Waals surface area contributed by atoms with Crippen LogP contribution in [0.25, 0.3) is 0 Å². The quantitative estimate of drug-likeness (QED) is 0.327. The molecule has 2 aromatic carbocycles. The van der Waals surface area contributed by atoms with Crippen molar-refractivity contribution >= 4 is 6.09 Å². The molecule has 0 radical (unpaired) electrons. The van der Waals surface area contributed by atoms with Gasteiger partial charge in [0.25, 0.3) is 0 Å². The number of hydrogen-bond donors (Lipinski definition) is 2. The SMILES string of the molecule is CNCCOCCOCCNC(=O)OCC1[C@H]2c3cc(OC)ccc3C#Cc3ccc(OC)cc3[C@@H]12. The molecule has 0 saturated heterocycles. The number of fused-ring (bicyclic) bond motifs is 5. The first-order chi connectivity index (χ1) is 17.7. The maximum Gasteiger partial charge on any atom is 0.407 e. The highest BCUT2D eigenvalue weighted by Crippen LogP contribution is 2.62. The van der Waals surface area contributed by atoms with Crippen LogP contribution in [0.4, 0.5) is 4.79 Å². The Hall–Kier alpha value is -3.25. The molecular formula is C28H34N2O6. The molecule has 1 fully saturated rings. The minimum absolute atomic E-state index is 0.125. The van der Waals surface area contributed by atoms with Crippen LogP contribution in [-0.2, 0) is 14.2 Å². The standard InChI is InChI=1S/C28H34N2O6/c1-29-10-12-34-14-15-35-13-11-30-28(31)36-18-25-26-23-16-21(32-2)8-6-19(23)4-5-20-7-9-22(33-3)17-24(20)27(25)26/h6-9,16-17,25-27,29H,10-15,18H2,1-3H3,(H,30,31)/t25?,26-,27+. The van der Waals surface area contributed by atoms with Crippen molar-refractivity contribution < 1.29 is 28.5 Å². The molecule has 3 atom stereocenters. The molecule has 0 bridgehead atoms. The van der Waals surface area contributed by atoms with E-state index in [0.29, 0.717) is 39.6 Å². The number of alkyl carbamates (subject to hydrolysis) is 1. The van der Waals surface area contributed by atoms with E-state index in [2.05, 4.69) is 22.5 Å². The van der Waals surface area contributed by atoms with Gasteiger partial charge in [0.1, 0.15) is 11.5 Å². The highest BCUT2D eigenvalue weighted by atomic mass is 16.6. The van der Waals surface area contributed by atoms with Gasteiger partial charge in [-0.15, -0.1) is 0 Å². The lowest BCUT2D eigenvalue weighted by molar-refractivity contribution is 0.0497. The first kappa shape index (κ1) is 25.8. The van der Waals surface area contributed by atoms with Gasteiger partial charge < -0.3 is 34.3 Å². The van der Waals surface area contributed by atoms with Crippen LogP contribution in [0.3, 0.4) is 0 Å². The summed E-state index contributed by atoms with van der Waals surface area (Å²) in [6.45, 7) is 3.54. The van der Waals surface area contributed by atoms with Crippen LogP contribution < -0.4 is 20.1 Å². The van der Waals surface area contributed by atoms with Gasteiger partial charge >= 0.3 is 6.09 Å². The highest BCUT2D eigenvalue weighted by Gasteiger charge is 2.54. The molecule has 0 spiro atoms. The summed E-state index contributed by atoms with van der Waals surface area (Å²) < 4.78 is 27.4. The Morgan fingerprint density at radius 1 is 0.833 bits per heavy atom. The number of ether oxygens (including phenoxy) is 5. The van der Waals surface area contributed by atoms with E-state index in [4.69, 9.17) is 23.7 Å². The number of carbonyl (C=O) groups is 1. The summed E-state index contributed by atoms with van der Waals surface area (Å²) in [6.07, 6.45) is -0.448. The molecule has 4 rings (SSSR count). The summed E-state index contributed by atoms with van der Waals surface area (Å²) in [5.41, 5.74) is 4.21. The number of carbonyl (C=O) groups excluding carboxylic acids is 1. The lowest BCUT2D eigenvalue weighted by atomic mass is 9.94. The van der Waals surface area contributed by atoms with E-state index in [9.17, 15) is 4.79 Å². The zero-order valence-corrected chi connectivity index (χ0v) is 21.1. The Bertz CT molecular complexity index is 1040. The number of likely N-dealkylation sites (N-methyl/N-ethyl adjacent to an activating group) is 1. The highest BCUT2D eigenvalue weighted by molar-refractivity contribution is 5.67. The maximum atomic E-state index is 12.3. The van der Waals surface area contributed by atoms with Crippen LogP contribution in [0.5, 0.6) is 11.5 Å². The van der Waals surface area contributed by atoms with Gasteiger partial charge in [0.15, 0.2) is 0 Å². The van der Waals surface area contributed by atoms with E-state index >= 15 is 0 Å². The van der Waals surface area contributed by atoms with Crippen LogP contribution in [0.1, 0.15) is 34.1 Å². The fourth-order valence-corrected chi connectivity index (χ4v) is 4.62. The van der Waals surface area contributed by atoms with Gasteiger partial charge in [-0.3, -0.25) is 0 Å². The van der Waals surface area contributed by atoms with E-state index < -0.39 is 6.09 Å². The Balaban J connectivity index is 1.35. The largest absolute Gasteiger partial charge is 0.497 e. The normalized spacial score (nSPS) is 18.8. The molecule has 0 aromatic heterocycles. The second-order valence-corrected chi connectivity index (χ2v) is 8.73. The number of benzene rings is 2. The summed E-state index contributed by atoms with van der Waals surface area (Å²) >= 11 is 0. The minimum atomic E-state index is -0.448. The van der Waals surface area contributed by atoms with Gasteiger partial charge in [0, 0.05) is 30.1 Å². The molecule has 2 N–H and O–H groups in total. The van der Waals surface area contributed by atoms with Crippen LogP contribution >= 0.6 is 0 Å². The molecule has 2 aliphatic carbocycles.